The zero-order valence-corrected chi connectivity index (χ0v) is 11.7. The molecule has 20 heavy (non-hydrogen) atoms. The highest BCUT2D eigenvalue weighted by Crippen LogP contribution is 2.46. The van der Waals surface area contributed by atoms with Crippen molar-refractivity contribution in [3.63, 3.8) is 0 Å². The Bertz CT molecular complexity index is 694. The van der Waals surface area contributed by atoms with Crippen LogP contribution in [0, 0.1) is 11.3 Å². The quantitative estimate of drug-likeness (QED) is 0.863. The molecule has 2 fully saturated rings. The average Bonchev–Trinajstić information content (AvgIpc) is 3.39. The van der Waals surface area contributed by atoms with Crippen LogP contribution in [-0.2, 0) is 0 Å². The van der Waals surface area contributed by atoms with Gasteiger partial charge in [0.2, 0.25) is 0 Å². The maximum atomic E-state index is 9.16. The van der Waals surface area contributed by atoms with Gasteiger partial charge in [-0.15, -0.1) is 10.2 Å². The fourth-order valence-electron chi connectivity index (χ4n) is 2.31. The highest BCUT2D eigenvalue weighted by Gasteiger charge is 2.36. The Morgan fingerprint density at radius 3 is 2.80 bits per heavy atom. The Kier molecular flexibility index (Phi) is 2.74. The molecule has 0 unspecified atom stereocenters. The van der Waals surface area contributed by atoms with Crippen molar-refractivity contribution in [2.75, 3.05) is 0 Å². The summed E-state index contributed by atoms with van der Waals surface area (Å²) in [5.41, 5.74) is 0.642. The molecule has 0 aliphatic heterocycles. The summed E-state index contributed by atoms with van der Waals surface area (Å²) in [7, 11) is 0. The summed E-state index contributed by atoms with van der Waals surface area (Å²) in [4.78, 5) is 4.96. The summed E-state index contributed by atoms with van der Waals surface area (Å²) < 4.78 is 2.29. The van der Waals surface area contributed by atoms with Crippen molar-refractivity contribution in [3.8, 4) is 6.07 Å². The molecule has 0 amide bonds. The van der Waals surface area contributed by atoms with E-state index in [9.17, 15) is 0 Å². The normalized spacial score (nSPS) is 17.9. The van der Waals surface area contributed by atoms with Gasteiger partial charge in [-0.2, -0.15) is 5.26 Å². The molecule has 2 aromatic rings. The number of nitrogens with zero attached hydrogens (tertiary/aromatic N) is 5. The number of aromatic nitrogens is 4. The lowest BCUT2D eigenvalue weighted by molar-refractivity contribution is 0.627. The smallest absolute Gasteiger partial charge is 0.196 e. The van der Waals surface area contributed by atoms with Crippen LogP contribution in [0.5, 0.6) is 0 Å². The maximum Gasteiger partial charge on any atom is 0.196 e. The molecule has 2 aliphatic carbocycles. The van der Waals surface area contributed by atoms with E-state index in [2.05, 4.69) is 25.8 Å². The minimum atomic E-state index is 0.560. The van der Waals surface area contributed by atoms with Crippen LogP contribution in [0.1, 0.15) is 49.0 Å². The van der Waals surface area contributed by atoms with Crippen molar-refractivity contribution in [3.05, 3.63) is 29.8 Å². The molecule has 2 heterocycles. The Balaban J connectivity index is 1.70. The summed E-state index contributed by atoms with van der Waals surface area (Å²) >= 11 is 1.50. The third-order valence-corrected chi connectivity index (χ3v) is 4.66. The van der Waals surface area contributed by atoms with Crippen LogP contribution >= 0.6 is 11.8 Å². The van der Waals surface area contributed by atoms with E-state index in [1.54, 1.807) is 18.5 Å². The van der Waals surface area contributed by atoms with E-state index >= 15 is 0 Å². The van der Waals surface area contributed by atoms with Gasteiger partial charge < -0.3 is 4.57 Å². The number of hydrogen-bond donors (Lipinski definition) is 0. The fourth-order valence-corrected chi connectivity index (χ4v) is 3.26. The molecule has 0 bridgehead atoms. The van der Waals surface area contributed by atoms with Gasteiger partial charge in [-0.1, -0.05) is 0 Å². The lowest BCUT2D eigenvalue weighted by Crippen LogP contribution is -2.01. The van der Waals surface area contributed by atoms with Gasteiger partial charge in [-0.05, 0) is 43.5 Å². The number of nitriles is 1. The molecule has 0 aromatic carbocycles. The molecule has 0 atom stereocenters. The van der Waals surface area contributed by atoms with Crippen molar-refractivity contribution >= 4 is 11.8 Å². The van der Waals surface area contributed by atoms with Crippen LogP contribution in [0.4, 0.5) is 0 Å². The summed E-state index contributed by atoms with van der Waals surface area (Å²) in [6.45, 7) is 0. The third kappa shape index (κ3) is 2.08. The van der Waals surface area contributed by atoms with Crippen LogP contribution in [0.2, 0.25) is 0 Å². The number of rotatable bonds is 4. The van der Waals surface area contributed by atoms with Crippen LogP contribution in [0.3, 0.4) is 0 Å². The molecule has 0 N–H and O–H groups in total. The Morgan fingerprint density at radius 1 is 1.25 bits per heavy atom. The highest BCUT2D eigenvalue weighted by atomic mass is 32.2. The summed E-state index contributed by atoms with van der Waals surface area (Å²) in [5.74, 6) is 1.74. The van der Waals surface area contributed by atoms with E-state index < -0.39 is 0 Å². The Morgan fingerprint density at radius 2 is 2.10 bits per heavy atom. The van der Waals surface area contributed by atoms with Crippen molar-refractivity contribution in [2.45, 2.75) is 47.7 Å². The molecule has 5 nitrogen and oxygen atoms in total. The largest absolute Gasteiger partial charge is 0.302 e. The van der Waals surface area contributed by atoms with Gasteiger partial charge in [0.25, 0.3) is 0 Å². The molecule has 6 heteroatoms. The Hall–Kier alpha value is -1.87. The highest BCUT2D eigenvalue weighted by molar-refractivity contribution is 7.99. The van der Waals surface area contributed by atoms with Crippen molar-refractivity contribution in [1.82, 2.24) is 19.7 Å². The minimum Gasteiger partial charge on any atom is -0.302 e. The molecule has 4 rings (SSSR count). The van der Waals surface area contributed by atoms with Crippen molar-refractivity contribution < 1.29 is 0 Å². The van der Waals surface area contributed by atoms with Gasteiger partial charge in [0, 0.05) is 24.4 Å². The molecular formula is C14H13N5S. The van der Waals surface area contributed by atoms with Crippen LogP contribution in [0.25, 0.3) is 0 Å². The second kappa shape index (κ2) is 4.60. The second-order valence-corrected chi connectivity index (χ2v) is 6.31. The summed E-state index contributed by atoms with van der Waals surface area (Å²) in [6.07, 6.45) is 8.25. The zero-order valence-electron chi connectivity index (χ0n) is 10.9. The number of hydrogen-bond acceptors (Lipinski definition) is 5. The van der Waals surface area contributed by atoms with Gasteiger partial charge >= 0.3 is 0 Å². The monoisotopic (exact) mass is 283 g/mol. The third-order valence-electron chi connectivity index (χ3n) is 3.65. The lowest BCUT2D eigenvalue weighted by Gasteiger charge is -2.08. The topological polar surface area (TPSA) is 67.4 Å². The lowest BCUT2D eigenvalue weighted by atomic mass is 10.3. The van der Waals surface area contributed by atoms with E-state index in [-0.39, 0.29) is 0 Å². The van der Waals surface area contributed by atoms with Crippen LogP contribution < -0.4 is 0 Å². The first kappa shape index (κ1) is 11.9. The van der Waals surface area contributed by atoms with E-state index in [0.717, 1.165) is 15.9 Å². The maximum absolute atomic E-state index is 9.16. The number of pyridine rings is 1. The van der Waals surface area contributed by atoms with E-state index in [0.29, 0.717) is 17.5 Å². The molecule has 0 saturated heterocycles. The van der Waals surface area contributed by atoms with E-state index in [4.69, 9.17) is 5.26 Å². The Labute approximate surface area is 121 Å². The fraction of sp³-hybridized carbons (Fsp3) is 0.429. The first-order valence-electron chi connectivity index (χ1n) is 6.83. The molecule has 2 aromatic heterocycles. The first-order valence-corrected chi connectivity index (χ1v) is 7.65. The average molecular weight is 283 g/mol. The standard InChI is InChI=1S/C14H13N5S/c15-7-10-5-6-16-8-12(10)20-14-18-17-13(9-1-2-9)19(14)11-3-4-11/h5-6,8-9,11H,1-4H2. The van der Waals surface area contributed by atoms with Crippen LogP contribution in [0.15, 0.2) is 28.5 Å². The molecule has 2 aliphatic rings. The SMILES string of the molecule is N#Cc1ccncc1Sc1nnc(C2CC2)n1C1CC1. The van der Waals surface area contributed by atoms with Crippen molar-refractivity contribution in [1.29, 1.82) is 5.26 Å². The van der Waals surface area contributed by atoms with E-state index in [1.165, 1.54) is 37.4 Å². The summed E-state index contributed by atoms with van der Waals surface area (Å²) in [5, 5.41) is 18.8. The molecule has 0 radical (unpaired) electrons. The van der Waals surface area contributed by atoms with Gasteiger partial charge in [0.15, 0.2) is 5.16 Å². The van der Waals surface area contributed by atoms with Gasteiger partial charge in [-0.25, -0.2) is 0 Å². The van der Waals surface area contributed by atoms with Gasteiger partial charge in [0.1, 0.15) is 11.9 Å². The molecule has 2 saturated carbocycles. The molecular weight excluding hydrogens is 270 g/mol. The first-order chi connectivity index (χ1) is 9.86. The second-order valence-electron chi connectivity index (χ2n) is 5.30. The predicted octanol–water partition coefficient (Wildman–Crippen LogP) is 2.91. The predicted molar refractivity (Wildman–Crippen MR) is 73.3 cm³/mol. The van der Waals surface area contributed by atoms with Crippen molar-refractivity contribution in [2.24, 2.45) is 0 Å². The molecule has 100 valence electrons. The zero-order chi connectivity index (χ0) is 13.5. The molecule has 0 spiro atoms. The van der Waals surface area contributed by atoms with E-state index in [1.807, 2.05) is 0 Å². The van der Waals surface area contributed by atoms with Gasteiger partial charge in [0.05, 0.1) is 10.5 Å². The summed E-state index contributed by atoms with van der Waals surface area (Å²) in [6, 6.07) is 4.50. The van der Waals surface area contributed by atoms with Gasteiger partial charge in [-0.3, -0.25) is 4.98 Å². The minimum absolute atomic E-state index is 0.560. The van der Waals surface area contributed by atoms with Crippen LogP contribution in [-0.4, -0.2) is 19.7 Å².